The lowest BCUT2D eigenvalue weighted by atomic mass is 10.2. The van der Waals surface area contributed by atoms with Crippen molar-refractivity contribution in [3.8, 4) is 0 Å². The molecule has 0 bridgehead atoms. The van der Waals surface area contributed by atoms with Gasteiger partial charge in [0.15, 0.2) is 0 Å². The normalized spacial score (nSPS) is 11.7. The number of thiophene rings is 3. The minimum absolute atomic E-state index is 1.23. The van der Waals surface area contributed by atoms with Crippen LogP contribution in [0.5, 0.6) is 0 Å². The van der Waals surface area contributed by atoms with Gasteiger partial charge >= 0.3 is 0 Å². The van der Waals surface area contributed by atoms with Crippen LogP contribution in [0.3, 0.4) is 0 Å². The smallest absolute Gasteiger partial charge is 0.0306 e. The summed E-state index contributed by atoms with van der Waals surface area (Å²) >= 11 is 5.41. The van der Waals surface area contributed by atoms with Gasteiger partial charge in [0, 0.05) is 24.4 Å². The van der Waals surface area contributed by atoms with E-state index in [1.54, 1.807) is 11.3 Å². The minimum atomic E-state index is 1.23. The molecule has 0 spiro atoms. The predicted octanol–water partition coefficient (Wildman–Crippen LogP) is 7.47. The Morgan fingerprint density at radius 1 is 0.913 bits per heavy atom. The molecule has 23 heavy (non-hydrogen) atoms. The Morgan fingerprint density at radius 3 is 2.35 bits per heavy atom. The van der Waals surface area contributed by atoms with E-state index in [4.69, 9.17) is 0 Å². The molecule has 0 radical (unpaired) electrons. The molecule has 0 saturated heterocycles. The molecule has 0 aromatic carbocycles. The largest absolute Gasteiger partial charge is 0.144 e. The van der Waals surface area contributed by atoms with Crippen LogP contribution in [-0.4, -0.2) is 0 Å². The van der Waals surface area contributed by atoms with Crippen molar-refractivity contribution in [2.45, 2.75) is 13.8 Å². The average Bonchev–Trinajstić information content (AvgIpc) is 3.24. The van der Waals surface area contributed by atoms with Crippen LogP contribution in [0.4, 0.5) is 0 Å². The average molecular weight is 355 g/mol. The van der Waals surface area contributed by atoms with Gasteiger partial charge in [-0.15, -0.1) is 34.0 Å². The highest BCUT2D eigenvalue weighted by Crippen LogP contribution is 2.28. The first-order chi connectivity index (χ1) is 11.2. The van der Waals surface area contributed by atoms with Crippen LogP contribution < -0.4 is 0 Å². The number of hydrogen-bond acceptors (Lipinski definition) is 3. The minimum Gasteiger partial charge on any atom is -0.144 e. The molecule has 0 atom stereocenters. The molecule has 0 aliphatic carbocycles. The molecule has 0 nitrogen and oxygen atoms in total. The fourth-order valence-electron chi connectivity index (χ4n) is 2.28. The van der Waals surface area contributed by atoms with Crippen molar-refractivity contribution in [3.63, 3.8) is 0 Å². The molecular formula is C20H18S3. The molecule has 3 rings (SSSR count). The predicted molar refractivity (Wildman–Crippen MR) is 110 cm³/mol. The maximum absolute atomic E-state index is 3.86. The first kappa shape index (κ1) is 16.2. The second-order valence-electron chi connectivity index (χ2n) is 5.24. The van der Waals surface area contributed by atoms with Crippen molar-refractivity contribution < 1.29 is 0 Å². The molecule has 3 heterocycles. The Bertz CT molecular complexity index is 855. The standard InChI is InChI=1S/C20H18S3/c1-4-16-13-19(22-15(16)3)9-10-20-14(2)12-18(23-20)8-7-17-6-5-11-21-17/h4-13H,1H2,2-3H3/b8-7-,10-9-. The highest BCUT2D eigenvalue weighted by Gasteiger charge is 2.03. The van der Waals surface area contributed by atoms with Crippen molar-refractivity contribution in [3.05, 3.63) is 71.7 Å². The third-order valence-corrected chi connectivity index (χ3v) is 6.56. The zero-order valence-electron chi connectivity index (χ0n) is 13.2. The van der Waals surface area contributed by atoms with Crippen molar-refractivity contribution in [2.24, 2.45) is 0 Å². The quantitative estimate of drug-likeness (QED) is 0.446. The van der Waals surface area contributed by atoms with E-state index in [0.29, 0.717) is 0 Å². The lowest BCUT2D eigenvalue weighted by Gasteiger charge is -1.88. The molecule has 0 N–H and O–H groups in total. The molecule has 3 heteroatoms. The van der Waals surface area contributed by atoms with Crippen LogP contribution >= 0.6 is 34.0 Å². The van der Waals surface area contributed by atoms with Crippen molar-refractivity contribution in [1.82, 2.24) is 0 Å². The van der Waals surface area contributed by atoms with Gasteiger partial charge in [-0.3, -0.25) is 0 Å². The number of rotatable bonds is 5. The van der Waals surface area contributed by atoms with Crippen LogP contribution in [0.15, 0.2) is 36.2 Å². The third-order valence-electron chi connectivity index (χ3n) is 3.52. The Kier molecular flexibility index (Phi) is 5.11. The summed E-state index contributed by atoms with van der Waals surface area (Å²) in [6.07, 6.45) is 10.7. The highest BCUT2D eigenvalue weighted by atomic mass is 32.1. The van der Waals surface area contributed by atoms with Gasteiger partial charge in [0.05, 0.1) is 0 Å². The van der Waals surface area contributed by atoms with E-state index in [1.807, 2.05) is 28.7 Å². The zero-order chi connectivity index (χ0) is 16.2. The van der Waals surface area contributed by atoms with E-state index in [1.165, 1.54) is 35.5 Å². The Morgan fingerprint density at radius 2 is 1.65 bits per heavy atom. The topological polar surface area (TPSA) is 0 Å². The monoisotopic (exact) mass is 354 g/mol. The van der Waals surface area contributed by atoms with Crippen LogP contribution in [0.1, 0.15) is 35.5 Å². The summed E-state index contributed by atoms with van der Waals surface area (Å²) < 4.78 is 0. The van der Waals surface area contributed by atoms with Crippen molar-refractivity contribution in [1.29, 1.82) is 0 Å². The zero-order valence-corrected chi connectivity index (χ0v) is 15.7. The van der Waals surface area contributed by atoms with Gasteiger partial charge in [0.1, 0.15) is 0 Å². The van der Waals surface area contributed by atoms with Gasteiger partial charge in [-0.1, -0.05) is 18.7 Å². The SMILES string of the molecule is C=Cc1cc(/C=C\c2sc(/C=C\c3cccs3)cc2C)sc1C. The molecule has 0 amide bonds. The lowest BCUT2D eigenvalue weighted by molar-refractivity contribution is 1.53. The van der Waals surface area contributed by atoms with Gasteiger partial charge < -0.3 is 0 Å². The van der Waals surface area contributed by atoms with E-state index in [9.17, 15) is 0 Å². The van der Waals surface area contributed by atoms with Gasteiger partial charge in [-0.05, 0) is 72.9 Å². The summed E-state index contributed by atoms with van der Waals surface area (Å²) in [7, 11) is 0. The number of hydrogen-bond donors (Lipinski definition) is 0. The maximum atomic E-state index is 3.86. The number of aryl methyl sites for hydroxylation is 2. The molecule has 0 aliphatic rings. The molecule has 0 aliphatic heterocycles. The maximum Gasteiger partial charge on any atom is 0.0306 e. The third kappa shape index (κ3) is 3.99. The molecule has 3 aromatic rings. The lowest BCUT2D eigenvalue weighted by Crippen LogP contribution is -1.67. The fourth-order valence-corrected chi connectivity index (χ4v) is 4.82. The summed E-state index contributed by atoms with van der Waals surface area (Å²) in [5, 5.41) is 2.11. The Balaban J connectivity index is 1.77. The molecule has 116 valence electrons. The highest BCUT2D eigenvalue weighted by molar-refractivity contribution is 7.14. The van der Waals surface area contributed by atoms with Crippen molar-refractivity contribution >= 4 is 64.4 Å². The van der Waals surface area contributed by atoms with Gasteiger partial charge in [0.2, 0.25) is 0 Å². The van der Waals surface area contributed by atoms with E-state index >= 15 is 0 Å². The van der Waals surface area contributed by atoms with E-state index in [2.05, 4.69) is 74.4 Å². The second-order valence-corrected chi connectivity index (χ2v) is 8.63. The Hall–Kier alpha value is -1.68. The first-order valence-corrected chi connectivity index (χ1v) is 9.90. The summed E-state index contributed by atoms with van der Waals surface area (Å²) in [5.41, 5.74) is 2.56. The van der Waals surface area contributed by atoms with E-state index < -0.39 is 0 Å². The van der Waals surface area contributed by atoms with Crippen LogP contribution in [0, 0.1) is 13.8 Å². The summed E-state index contributed by atoms with van der Waals surface area (Å²) in [6, 6.07) is 8.67. The molecule has 0 saturated carbocycles. The molecular weight excluding hydrogens is 336 g/mol. The van der Waals surface area contributed by atoms with E-state index in [-0.39, 0.29) is 0 Å². The van der Waals surface area contributed by atoms with Crippen molar-refractivity contribution in [2.75, 3.05) is 0 Å². The van der Waals surface area contributed by atoms with Gasteiger partial charge in [-0.25, -0.2) is 0 Å². The molecule has 3 aromatic heterocycles. The second kappa shape index (κ2) is 7.26. The molecule has 0 unspecified atom stereocenters. The summed E-state index contributed by atoms with van der Waals surface area (Å²) in [6.45, 7) is 8.18. The van der Waals surface area contributed by atoms with Crippen LogP contribution in [0.2, 0.25) is 0 Å². The summed E-state index contributed by atoms with van der Waals surface area (Å²) in [5.74, 6) is 0. The van der Waals surface area contributed by atoms with E-state index in [0.717, 1.165) is 0 Å². The fraction of sp³-hybridized carbons (Fsp3) is 0.100. The molecule has 0 fully saturated rings. The Labute approximate surface area is 149 Å². The summed E-state index contributed by atoms with van der Waals surface area (Å²) in [4.78, 5) is 6.51. The first-order valence-electron chi connectivity index (χ1n) is 7.38. The van der Waals surface area contributed by atoms with Crippen LogP contribution in [0.25, 0.3) is 30.4 Å². The van der Waals surface area contributed by atoms with Gasteiger partial charge in [-0.2, -0.15) is 0 Å². The van der Waals surface area contributed by atoms with Crippen LogP contribution in [-0.2, 0) is 0 Å². The van der Waals surface area contributed by atoms with Gasteiger partial charge in [0.25, 0.3) is 0 Å².